The summed E-state index contributed by atoms with van der Waals surface area (Å²) in [6.45, 7) is 0. The third-order valence-electron chi connectivity index (χ3n) is 3.23. The first-order valence-electron chi connectivity index (χ1n) is 7.60. The zero-order valence-corrected chi connectivity index (χ0v) is 16.6. The number of hydrogen-bond donors (Lipinski definition) is 2. The van der Waals surface area contributed by atoms with Crippen LogP contribution >= 0.6 is 46.9 Å². The second-order valence-corrected chi connectivity index (χ2v) is 7.90. The van der Waals surface area contributed by atoms with Gasteiger partial charge in [0.1, 0.15) is 0 Å². The molecule has 0 saturated heterocycles. The summed E-state index contributed by atoms with van der Waals surface area (Å²) in [5.74, 6) is 0.0821. The van der Waals surface area contributed by atoms with E-state index in [4.69, 9.17) is 23.8 Å². The molecule has 1 amide bonds. The van der Waals surface area contributed by atoms with E-state index in [1.807, 2.05) is 47.8 Å². The number of halogens is 1. The molecule has 3 aromatic rings. The molecule has 4 nitrogen and oxygen atoms in total. The number of rotatable bonds is 5. The van der Waals surface area contributed by atoms with Crippen LogP contribution in [0.4, 0.5) is 5.13 Å². The van der Waals surface area contributed by atoms with Crippen molar-refractivity contribution >= 4 is 63.1 Å². The Labute approximate surface area is 170 Å². The van der Waals surface area contributed by atoms with Crippen LogP contribution in [0.25, 0.3) is 11.3 Å². The summed E-state index contributed by atoms with van der Waals surface area (Å²) in [5.41, 5.74) is 1.90. The average molecular weight is 420 g/mol. The van der Waals surface area contributed by atoms with Crippen molar-refractivity contribution in [3.8, 4) is 11.3 Å². The largest absolute Gasteiger partial charge is 0.308 e. The molecule has 132 valence electrons. The van der Waals surface area contributed by atoms with Gasteiger partial charge in [-0.25, -0.2) is 4.98 Å². The molecule has 0 bridgehead atoms. The minimum absolute atomic E-state index is 0.178. The Kier molecular flexibility index (Phi) is 6.62. The van der Waals surface area contributed by atoms with Crippen LogP contribution < -0.4 is 10.6 Å². The first-order valence-corrected chi connectivity index (χ1v) is 10.3. The van der Waals surface area contributed by atoms with Crippen LogP contribution in [0.3, 0.4) is 0 Å². The number of aromatic nitrogens is 1. The highest BCUT2D eigenvalue weighted by Gasteiger charge is 2.09. The van der Waals surface area contributed by atoms with Crippen LogP contribution in [0.2, 0.25) is 5.02 Å². The van der Waals surface area contributed by atoms with Crippen LogP contribution in [-0.2, 0) is 4.79 Å². The maximum atomic E-state index is 12.0. The standard InChI is InChI=1S/C18H14ClN3OS3/c19-13-6-8-14(9-7-13)25-11-16(23)21-17(24)22-18-20-15(10-26-18)12-4-2-1-3-5-12/h1-10H,11H2,(H2,20,21,22,23,24). The maximum absolute atomic E-state index is 12.0. The van der Waals surface area contributed by atoms with Gasteiger partial charge in [-0.15, -0.1) is 23.1 Å². The van der Waals surface area contributed by atoms with Crippen molar-refractivity contribution in [1.82, 2.24) is 10.3 Å². The van der Waals surface area contributed by atoms with Crippen LogP contribution in [0, 0.1) is 0 Å². The molecular weight excluding hydrogens is 406 g/mol. The van der Waals surface area contributed by atoms with Gasteiger partial charge >= 0.3 is 0 Å². The Morgan fingerprint density at radius 1 is 1.15 bits per heavy atom. The molecule has 1 heterocycles. The van der Waals surface area contributed by atoms with E-state index in [0.717, 1.165) is 16.2 Å². The van der Waals surface area contributed by atoms with Crippen molar-refractivity contribution in [2.24, 2.45) is 0 Å². The molecule has 0 saturated carbocycles. The Hall–Kier alpha value is -1.93. The lowest BCUT2D eigenvalue weighted by atomic mass is 10.2. The third kappa shape index (κ3) is 5.54. The lowest BCUT2D eigenvalue weighted by molar-refractivity contribution is -0.117. The molecule has 0 radical (unpaired) electrons. The normalized spacial score (nSPS) is 10.3. The number of nitrogens with zero attached hydrogens (tertiary/aromatic N) is 1. The highest BCUT2D eigenvalue weighted by Crippen LogP contribution is 2.24. The van der Waals surface area contributed by atoms with Gasteiger partial charge in [0, 0.05) is 20.9 Å². The molecule has 0 aliphatic rings. The second kappa shape index (κ2) is 9.14. The van der Waals surface area contributed by atoms with Gasteiger partial charge in [-0.1, -0.05) is 41.9 Å². The van der Waals surface area contributed by atoms with Gasteiger partial charge in [0.05, 0.1) is 11.4 Å². The zero-order valence-electron chi connectivity index (χ0n) is 13.4. The van der Waals surface area contributed by atoms with Gasteiger partial charge in [0.15, 0.2) is 10.2 Å². The summed E-state index contributed by atoms with van der Waals surface area (Å²) >= 11 is 13.9. The fourth-order valence-electron chi connectivity index (χ4n) is 2.04. The van der Waals surface area contributed by atoms with Gasteiger partial charge in [0.25, 0.3) is 0 Å². The van der Waals surface area contributed by atoms with Crippen LogP contribution in [-0.4, -0.2) is 21.8 Å². The molecule has 2 aromatic carbocycles. The first kappa shape index (κ1) is 18.8. The summed E-state index contributed by atoms with van der Waals surface area (Å²) in [6.07, 6.45) is 0. The minimum Gasteiger partial charge on any atom is -0.308 e. The Bertz CT molecular complexity index is 898. The third-order valence-corrected chi connectivity index (χ3v) is 5.46. The van der Waals surface area contributed by atoms with Crippen LogP contribution in [0.5, 0.6) is 0 Å². The monoisotopic (exact) mass is 419 g/mol. The predicted molar refractivity (Wildman–Crippen MR) is 114 cm³/mol. The van der Waals surface area contributed by atoms with E-state index in [1.165, 1.54) is 23.1 Å². The fraction of sp³-hybridized carbons (Fsp3) is 0.0556. The molecule has 26 heavy (non-hydrogen) atoms. The van der Waals surface area contributed by atoms with E-state index >= 15 is 0 Å². The summed E-state index contributed by atoms with van der Waals surface area (Å²) in [7, 11) is 0. The number of benzene rings is 2. The number of carbonyl (C=O) groups is 1. The molecular formula is C18H14ClN3OS3. The SMILES string of the molecule is O=C(CSc1ccc(Cl)cc1)NC(=S)Nc1nc(-c2ccccc2)cs1. The minimum atomic E-state index is -0.178. The molecule has 0 unspecified atom stereocenters. The van der Waals surface area contributed by atoms with Crippen molar-refractivity contribution in [1.29, 1.82) is 0 Å². The summed E-state index contributed by atoms with van der Waals surface area (Å²) in [6, 6.07) is 17.2. The number of carbonyl (C=O) groups excluding carboxylic acids is 1. The Morgan fingerprint density at radius 2 is 1.88 bits per heavy atom. The van der Waals surface area contributed by atoms with Gasteiger partial charge in [-0.3, -0.25) is 4.79 Å². The van der Waals surface area contributed by atoms with Crippen molar-refractivity contribution < 1.29 is 4.79 Å². The number of amides is 1. The van der Waals surface area contributed by atoms with Gasteiger partial charge in [0.2, 0.25) is 5.91 Å². The molecule has 0 spiro atoms. The number of thiazole rings is 1. The fourth-order valence-corrected chi connectivity index (χ4v) is 3.87. The summed E-state index contributed by atoms with van der Waals surface area (Å²) < 4.78 is 0. The summed E-state index contributed by atoms with van der Waals surface area (Å²) in [4.78, 5) is 17.5. The van der Waals surface area contributed by atoms with Crippen molar-refractivity contribution in [2.45, 2.75) is 4.90 Å². The van der Waals surface area contributed by atoms with E-state index in [-0.39, 0.29) is 16.8 Å². The topological polar surface area (TPSA) is 54.0 Å². The van der Waals surface area contributed by atoms with Gasteiger partial charge < -0.3 is 10.6 Å². The number of hydrogen-bond acceptors (Lipinski definition) is 5. The quantitative estimate of drug-likeness (QED) is 0.446. The highest BCUT2D eigenvalue weighted by molar-refractivity contribution is 8.00. The average Bonchev–Trinajstić information content (AvgIpc) is 3.10. The number of thiocarbonyl (C=S) groups is 1. The van der Waals surface area contributed by atoms with Gasteiger partial charge in [-0.05, 0) is 36.5 Å². The molecule has 1 aromatic heterocycles. The highest BCUT2D eigenvalue weighted by atomic mass is 35.5. The smallest absolute Gasteiger partial charge is 0.236 e. The van der Waals surface area contributed by atoms with E-state index < -0.39 is 0 Å². The number of thioether (sulfide) groups is 1. The molecule has 8 heteroatoms. The van der Waals surface area contributed by atoms with E-state index in [2.05, 4.69) is 15.6 Å². The Morgan fingerprint density at radius 3 is 2.62 bits per heavy atom. The first-order chi connectivity index (χ1) is 12.6. The molecule has 0 atom stereocenters. The van der Waals surface area contributed by atoms with Crippen LogP contribution in [0.1, 0.15) is 0 Å². The zero-order chi connectivity index (χ0) is 18.4. The molecule has 0 aliphatic heterocycles. The molecule has 0 aliphatic carbocycles. The predicted octanol–water partition coefficient (Wildman–Crippen LogP) is 5.07. The van der Waals surface area contributed by atoms with E-state index in [0.29, 0.717) is 10.2 Å². The van der Waals surface area contributed by atoms with E-state index in [1.54, 1.807) is 12.1 Å². The number of anilines is 1. The lowest BCUT2D eigenvalue weighted by Gasteiger charge is -2.07. The van der Waals surface area contributed by atoms with Gasteiger partial charge in [-0.2, -0.15) is 0 Å². The van der Waals surface area contributed by atoms with Crippen molar-refractivity contribution in [2.75, 3.05) is 11.1 Å². The summed E-state index contributed by atoms with van der Waals surface area (Å²) in [5, 5.41) is 9.10. The van der Waals surface area contributed by atoms with Crippen molar-refractivity contribution in [3.05, 3.63) is 65.0 Å². The lowest BCUT2D eigenvalue weighted by Crippen LogP contribution is -2.35. The van der Waals surface area contributed by atoms with E-state index in [9.17, 15) is 4.79 Å². The Balaban J connectivity index is 1.48. The number of nitrogens with one attached hydrogen (secondary N) is 2. The maximum Gasteiger partial charge on any atom is 0.236 e. The molecule has 3 rings (SSSR count). The van der Waals surface area contributed by atoms with Crippen LogP contribution in [0.15, 0.2) is 64.9 Å². The second-order valence-electron chi connectivity index (χ2n) is 5.15. The van der Waals surface area contributed by atoms with Crippen molar-refractivity contribution in [3.63, 3.8) is 0 Å². The molecule has 0 fully saturated rings. The molecule has 2 N–H and O–H groups in total.